The predicted octanol–water partition coefficient (Wildman–Crippen LogP) is 15.3. The van der Waals surface area contributed by atoms with E-state index in [4.69, 9.17) is 65.9 Å². The van der Waals surface area contributed by atoms with E-state index >= 15 is 0 Å². The fourth-order valence-corrected chi connectivity index (χ4v) is 9.55. The molecule has 71 heavy (non-hydrogen) atoms. The van der Waals surface area contributed by atoms with E-state index < -0.39 is 57.5 Å². The van der Waals surface area contributed by atoms with Crippen LogP contribution in [0, 0.1) is 0 Å². The van der Waals surface area contributed by atoms with Crippen LogP contribution in [0.5, 0.6) is 11.5 Å². The van der Waals surface area contributed by atoms with Crippen molar-refractivity contribution in [3.05, 3.63) is 221 Å². The van der Waals surface area contributed by atoms with E-state index in [9.17, 15) is 34.8 Å². The molecule has 0 bridgehead atoms. The molecule has 0 amide bonds. The molecule has 8 nitrogen and oxygen atoms in total. The molecule has 2 aliphatic heterocycles. The summed E-state index contributed by atoms with van der Waals surface area (Å²) in [5, 5.41) is 3.54. The minimum absolute atomic E-state index is 0.00591. The van der Waals surface area contributed by atoms with E-state index in [1.54, 1.807) is 121 Å². The Hall–Kier alpha value is -5.97. The lowest BCUT2D eigenvalue weighted by atomic mass is 9.94. The molecule has 0 aliphatic carbocycles. The standard InChI is InChI=1S/C52H40Cl4F6N4O4S/c1-3-69-43-29-35(51(57,58)59)13-23-41(43)49-63-45(31-5-15-37(53)16-6-31)47(33-9-19-39(55)20-10-33)65(49)25-27-71(67,68)28-26-66-48(34-11-21-40(56)22-12-34)46(32-7-17-38(54)18-8-32)64-50(66)42-24-14-36(52(60,61)62)30-44(42)70-4-2/h5-30,45-48H,3-4H2,1-2H3. The molecule has 8 rings (SSSR count). The van der Waals surface area contributed by atoms with Gasteiger partial charge in [0.2, 0.25) is 0 Å². The third kappa shape index (κ3) is 11.6. The van der Waals surface area contributed by atoms with Crippen LogP contribution in [0.15, 0.2) is 167 Å². The van der Waals surface area contributed by atoms with Crippen molar-refractivity contribution in [2.75, 3.05) is 13.2 Å². The van der Waals surface area contributed by atoms with Crippen LogP contribution in [0.2, 0.25) is 20.1 Å². The Morgan fingerprint density at radius 3 is 1.11 bits per heavy atom. The maximum atomic E-state index is 14.6. The molecular weight excluding hydrogens is 1030 g/mol. The Bertz CT molecular complexity index is 2930. The number of amidine groups is 2. The molecule has 0 aromatic heterocycles. The van der Waals surface area contributed by atoms with Crippen molar-refractivity contribution < 1.29 is 44.2 Å². The van der Waals surface area contributed by atoms with Crippen molar-refractivity contribution in [2.24, 2.45) is 9.98 Å². The van der Waals surface area contributed by atoms with Crippen LogP contribution >= 0.6 is 46.4 Å². The van der Waals surface area contributed by atoms with Gasteiger partial charge in [-0.25, -0.2) is 8.42 Å². The topological polar surface area (TPSA) is 83.8 Å². The molecule has 6 aromatic rings. The van der Waals surface area contributed by atoms with Gasteiger partial charge in [0.25, 0.3) is 0 Å². The van der Waals surface area contributed by atoms with Gasteiger partial charge in [-0.2, -0.15) is 26.3 Å². The summed E-state index contributed by atoms with van der Waals surface area (Å²) in [6.45, 7) is 3.22. The molecule has 368 valence electrons. The summed E-state index contributed by atoms with van der Waals surface area (Å²) in [7, 11) is -4.45. The molecule has 2 heterocycles. The van der Waals surface area contributed by atoms with Crippen LogP contribution in [0.1, 0.15) is 82.5 Å². The van der Waals surface area contributed by atoms with Gasteiger partial charge in [-0.05, 0) is 121 Å². The highest BCUT2D eigenvalue weighted by Gasteiger charge is 2.42. The first-order chi connectivity index (χ1) is 33.7. The predicted molar refractivity (Wildman–Crippen MR) is 266 cm³/mol. The molecular formula is C52H40Cl4F6N4O4S. The Kier molecular flexibility index (Phi) is 15.2. The zero-order valence-electron chi connectivity index (χ0n) is 37.3. The van der Waals surface area contributed by atoms with Gasteiger partial charge in [-0.3, -0.25) is 9.98 Å². The van der Waals surface area contributed by atoms with E-state index in [2.05, 4.69) is 0 Å². The van der Waals surface area contributed by atoms with Gasteiger partial charge in [0.05, 0.1) is 58.4 Å². The fraction of sp³-hybridized carbons (Fsp3) is 0.192. The number of hydrogen-bond acceptors (Lipinski definition) is 8. The SMILES string of the molecule is CCOc1cc(C(F)(F)F)ccc1C1=NC(c2ccc(Cl)cc2)C(c2ccc(Cl)cc2)N1C=CS(=O)(=O)C=CN1C(c2ccc(C(F)(F)F)cc2OCC)=NC(c2ccc(Cl)cc2)C1c1ccc(Cl)cc1. The molecule has 0 radical (unpaired) electrons. The highest BCUT2D eigenvalue weighted by Crippen LogP contribution is 2.48. The number of rotatable bonds is 14. The summed E-state index contributed by atoms with van der Waals surface area (Å²) in [5.41, 5.74) is 0.891. The zero-order valence-corrected chi connectivity index (χ0v) is 41.2. The number of hydrogen-bond donors (Lipinski definition) is 0. The average Bonchev–Trinajstić information content (AvgIpc) is 3.90. The highest BCUT2D eigenvalue weighted by molar-refractivity contribution is 7.97. The summed E-state index contributed by atoms with van der Waals surface area (Å²) in [6.07, 6.45) is -6.87. The van der Waals surface area contributed by atoms with Crippen molar-refractivity contribution in [3.8, 4) is 11.5 Å². The molecule has 0 spiro atoms. The summed E-state index contributed by atoms with van der Waals surface area (Å²) < 4.78 is 125. The highest BCUT2D eigenvalue weighted by atomic mass is 35.5. The van der Waals surface area contributed by atoms with E-state index in [1.807, 2.05) is 0 Å². The quantitative estimate of drug-likeness (QED) is 0.101. The van der Waals surface area contributed by atoms with E-state index in [1.165, 1.54) is 24.5 Å². The maximum Gasteiger partial charge on any atom is 0.416 e. The van der Waals surface area contributed by atoms with Crippen molar-refractivity contribution in [1.29, 1.82) is 0 Å². The Morgan fingerprint density at radius 1 is 0.507 bits per heavy atom. The van der Waals surface area contributed by atoms with Crippen LogP contribution in [0.4, 0.5) is 26.3 Å². The largest absolute Gasteiger partial charge is 0.493 e. The first-order valence-corrected chi connectivity index (χ1v) is 24.9. The fourth-order valence-electron chi connectivity index (χ4n) is 8.35. The first-order valence-electron chi connectivity index (χ1n) is 21.8. The average molecular weight is 1070 g/mol. The smallest absolute Gasteiger partial charge is 0.416 e. The molecule has 4 unspecified atom stereocenters. The maximum absolute atomic E-state index is 14.6. The van der Waals surface area contributed by atoms with Crippen LogP contribution in [-0.2, 0) is 22.2 Å². The summed E-state index contributed by atoms with van der Waals surface area (Å²) in [5.74, 6) is -0.114. The van der Waals surface area contributed by atoms with Crippen molar-refractivity contribution in [1.82, 2.24) is 9.80 Å². The molecule has 0 saturated carbocycles. The Balaban J connectivity index is 1.27. The van der Waals surface area contributed by atoms with Gasteiger partial charge in [0, 0.05) is 32.5 Å². The van der Waals surface area contributed by atoms with E-state index in [0.717, 1.165) is 35.1 Å². The van der Waals surface area contributed by atoms with E-state index in [0.29, 0.717) is 42.3 Å². The molecule has 6 aromatic carbocycles. The number of aliphatic imine (C=N–C) groups is 2. The molecule has 0 fully saturated rings. The second kappa shape index (κ2) is 21.0. The Labute approximate surface area is 426 Å². The lowest BCUT2D eigenvalue weighted by molar-refractivity contribution is -0.138. The van der Waals surface area contributed by atoms with Crippen molar-refractivity contribution >= 4 is 67.9 Å². The second-order valence-corrected chi connectivity index (χ2v) is 19.6. The minimum atomic E-state index is -4.71. The van der Waals surface area contributed by atoms with Crippen LogP contribution in [0.3, 0.4) is 0 Å². The van der Waals surface area contributed by atoms with Gasteiger partial charge in [-0.15, -0.1) is 0 Å². The van der Waals surface area contributed by atoms with Gasteiger partial charge in [0.1, 0.15) is 35.3 Å². The first kappa shape index (κ1) is 51.4. The second-order valence-electron chi connectivity index (χ2n) is 16.1. The molecule has 19 heteroatoms. The summed E-state index contributed by atoms with van der Waals surface area (Å²) in [4.78, 5) is 13.2. The van der Waals surface area contributed by atoms with Crippen LogP contribution in [-0.4, -0.2) is 43.1 Å². The number of ether oxygens (including phenoxy) is 2. The third-order valence-corrected chi connectivity index (χ3v) is 13.6. The van der Waals surface area contributed by atoms with Gasteiger partial charge >= 0.3 is 12.4 Å². The lowest BCUT2D eigenvalue weighted by Gasteiger charge is -2.29. The summed E-state index contributed by atoms with van der Waals surface area (Å²) in [6, 6.07) is 30.0. The number of halogens is 10. The number of nitrogens with zero attached hydrogens (tertiary/aromatic N) is 4. The monoisotopic (exact) mass is 1070 g/mol. The normalized spacial score (nSPS) is 18.6. The lowest BCUT2D eigenvalue weighted by Crippen LogP contribution is -2.28. The molecule has 0 N–H and O–H groups in total. The van der Waals surface area contributed by atoms with Gasteiger partial charge in [0.15, 0.2) is 9.84 Å². The van der Waals surface area contributed by atoms with Crippen molar-refractivity contribution in [3.63, 3.8) is 0 Å². The number of alkyl halides is 6. The third-order valence-electron chi connectivity index (χ3n) is 11.6. The zero-order chi connectivity index (χ0) is 50.8. The number of sulfone groups is 1. The van der Waals surface area contributed by atoms with Gasteiger partial charge < -0.3 is 19.3 Å². The van der Waals surface area contributed by atoms with Gasteiger partial charge in [-0.1, -0.05) is 94.9 Å². The van der Waals surface area contributed by atoms with Crippen LogP contribution < -0.4 is 9.47 Å². The molecule has 4 atom stereocenters. The van der Waals surface area contributed by atoms with Crippen LogP contribution in [0.25, 0.3) is 0 Å². The van der Waals surface area contributed by atoms with E-state index in [-0.39, 0.29) is 47.5 Å². The molecule has 2 aliphatic rings. The van der Waals surface area contributed by atoms with Crippen molar-refractivity contribution in [2.45, 2.75) is 50.4 Å². The summed E-state index contributed by atoms with van der Waals surface area (Å²) >= 11 is 25.2. The number of benzene rings is 6. The Morgan fingerprint density at radius 2 is 0.817 bits per heavy atom. The minimum Gasteiger partial charge on any atom is -0.493 e. The molecule has 0 saturated heterocycles.